The van der Waals surface area contributed by atoms with Gasteiger partial charge in [-0.05, 0) is 48.7 Å². The van der Waals surface area contributed by atoms with Gasteiger partial charge >= 0.3 is 0 Å². The minimum atomic E-state index is -0.266. The zero-order chi connectivity index (χ0) is 14.5. The standard InChI is InChI=1S/C16H18N2O2/c1-11-2-7-14(15(19)10-11)16(20)18-9-8-12-3-5-13(17)6-4-12/h2-7,10,19H,8-9,17H2,1H3,(H,18,20). The van der Waals surface area contributed by atoms with E-state index in [9.17, 15) is 9.90 Å². The molecule has 4 heteroatoms. The molecule has 104 valence electrons. The van der Waals surface area contributed by atoms with E-state index in [-0.39, 0.29) is 11.7 Å². The summed E-state index contributed by atoms with van der Waals surface area (Å²) in [6, 6.07) is 12.5. The predicted molar refractivity (Wildman–Crippen MR) is 79.7 cm³/mol. The normalized spacial score (nSPS) is 10.2. The Morgan fingerprint density at radius 2 is 1.90 bits per heavy atom. The zero-order valence-corrected chi connectivity index (χ0v) is 11.4. The fraction of sp³-hybridized carbons (Fsp3) is 0.188. The third-order valence-corrected chi connectivity index (χ3v) is 3.08. The SMILES string of the molecule is Cc1ccc(C(=O)NCCc2ccc(N)cc2)c(O)c1. The molecule has 4 nitrogen and oxygen atoms in total. The van der Waals surface area contributed by atoms with Gasteiger partial charge in [0.2, 0.25) is 0 Å². The van der Waals surface area contributed by atoms with Crippen LogP contribution in [0.4, 0.5) is 5.69 Å². The van der Waals surface area contributed by atoms with E-state index >= 15 is 0 Å². The number of aryl methyl sites for hydroxylation is 1. The van der Waals surface area contributed by atoms with Gasteiger partial charge < -0.3 is 16.2 Å². The number of aromatic hydroxyl groups is 1. The molecule has 0 saturated heterocycles. The topological polar surface area (TPSA) is 75.4 Å². The van der Waals surface area contributed by atoms with Crippen LogP contribution in [0.5, 0.6) is 5.75 Å². The second kappa shape index (κ2) is 6.10. The second-order valence-electron chi connectivity index (χ2n) is 4.77. The Bertz CT molecular complexity index is 606. The lowest BCUT2D eigenvalue weighted by molar-refractivity contribution is 0.0951. The van der Waals surface area contributed by atoms with Crippen LogP contribution in [0, 0.1) is 6.92 Å². The van der Waals surface area contributed by atoms with E-state index in [2.05, 4.69) is 5.32 Å². The number of phenols is 1. The highest BCUT2D eigenvalue weighted by Gasteiger charge is 2.10. The lowest BCUT2D eigenvalue weighted by Gasteiger charge is -2.07. The summed E-state index contributed by atoms with van der Waals surface area (Å²) in [4.78, 5) is 11.9. The van der Waals surface area contributed by atoms with E-state index in [1.54, 1.807) is 18.2 Å². The molecule has 0 radical (unpaired) electrons. The molecule has 2 aromatic carbocycles. The number of nitrogens with two attached hydrogens (primary N) is 1. The Kier molecular flexibility index (Phi) is 4.25. The van der Waals surface area contributed by atoms with E-state index in [0.717, 1.165) is 23.2 Å². The first-order valence-corrected chi connectivity index (χ1v) is 6.48. The number of phenolic OH excluding ortho intramolecular Hbond substituents is 1. The third-order valence-electron chi connectivity index (χ3n) is 3.08. The molecule has 0 aliphatic heterocycles. The fourth-order valence-corrected chi connectivity index (χ4v) is 1.93. The van der Waals surface area contributed by atoms with Crippen molar-refractivity contribution in [2.24, 2.45) is 0 Å². The maximum absolute atomic E-state index is 11.9. The van der Waals surface area contributed by atoms with Gasteiger partial charge in [0.25, 0.3) is 5.91 Å². The molecule has 0 aliphatic carbocycles. The van der Waals surface area contributed by atoms with E-state index < -0.39 is 0 Å². The summed E-state index contributed by atoms with van der Waals surface area (Å²) < 4.78 is 0. The lowest BCUT2D eigenvalue weighted by atomic mass is 10.1. The molecule has 1 amide bonds. The molecular formula is C16H18N2O2. The average molecular weight is 270 g/mol. The summed E-state index contributed by atoms with van der Waals surface area (Å²) in [5.41, 5.74) is 8.66. The number of anilines is 1. The largest absolute Gasteiger partial charge is 0.507 e. The molecule has 0 heterocycles. The Morgan fingerprint density at radius 1 is 1.20 bits per heavy atom. The van der Waals surface area contributed by atoms with Crippen LogP contribution in [0.25, 0.3) is 0 Å². The maximum Gasteiger partial charge on any atom is 0.255 e. The molecule has 0 unspecified atom stereocenters. The molecule has 4 N–H and O–H groups in total. The number of nitrogens with one attached hydrogen (secondary N) is 1. The number of rotatable bonds is 4. The third kappa shape index (κ3) is 3.51. The van der Waals surface area contributed by atoms with Crippen LogP contribution < -0.4 is 11.1 Å². The van der Waals surface area contributed by atoms with Crippen LogP contribution in [0.3, 0.4) is 0 Å². The monoisotopic (exact) mass is 270 g/mol. The summed E-state index contributed by atoms with van der Waals surface area (Å²) in [6.45, 7) is 2.37. The van der Waals surface area contributed by atoms with Gasteiger partial charge in [-0.3, -0.25) is 4.79 Å². The van der Waals surface area contributed by atoms with E-state index in [4.69, 9.17) is 5.73 Å². The van der Waals surface area contributed by atoms with Crippen LogP contribution in [0.2, 0.25) is 0 Å². The number of carbonyl (C=O) groups is 1. The van der Waals surface area contributed by atoms with Crippen LogP contribution in [-0.4, -0.2) is 17.6 Å². The highest BCUT2D eigenvalue weighted by atomic mass is 16.3. The molecule has 0 aromatic heterocycles. The number of amides is 1. The molecule has 0 aliphatic rings. The molecule has 0 atom stereocenters. The van der Waals surface area contributed by atoms with Gasteiger partial charge in [-0.15, -0.1) is 0 Å². The number of hydrogen-bond donors (Lipinski definition) is 3. The molecule has 20 heavy (non-hydrogen) atoms. The van der Waals surface area contributed by atoms with Crippen molar-refractivity contribution in [3.8, 4) is 5.75 Å². The van der Waals surface area contributed by atoms with Gasteiger partial charge in [0, 0.05) is 12.2 Å². The summed E-state index contributed by atoms with van der Waals surface area (Å²) in [7, 11) is 0. The minimum absolute atomic E-state index is 0.00925. The Balaban J connectivity index is 1.90. The smallest absolute Gasteiger partial charge is 0.255 e. The van der Waals surface area contributed by atoms with Crippen molar-refractivity contribution < 1.29 is 9.90 Å². The summed E-state index contributed by atoms with van der Waals surface area (Å²) in [5.74, 6) is -0.257. The van der Waals surface area contributed by atoms with Gasteiger partial charge in [-0.2, -0.15) is 0 Å². The number of benzene rings is 2. The number of hydrogen-bond acceptors (Lipinski definition) is 3. The summed E-state index contributed by atoms with van der Waals surface area (Å²) >= 11 is 0. The molecule has 0 saturated carbocycles. The van der Waals surface area contributed by atoms with Gasteiger partial charge in [0.15, 0.2) is 0 Å². The van der Waals surface area contributed by atoms with Gasteiger partial charge in [0.1, 0.15) is 5.75 Å². The fourth-order valence-electron chi connectivity index (χ4n) is 1.93. The zero-order valence-electron chi connectivity index (χ0n) is 11.4. The molecule has 0 fully saturated rings. The van der Waals surface area contributed by atoms with Gasteiger partial charge in [0.05, 0.1) is 5.56 Å². The van der Waals surface area contributed by atoms with E-state index in [1.807, 2.05) is 31.2 Å². The average Bonchev–Trinajstić information content (AvgIpc) is 2.41. The van der Waals surface area contributed by atoms with Crippen molar-refractivity contribution in [1.29, 1.82) is 0 Å². The first-order chi connectivity index (χ1) is 9.56. The van der Waals surface area contributed by atoms with E-state index in [1.165, 1.54) is 0 Å². The number of nitrogen functional groups attached to an aromatic ring is 1. The van der Waals surface area contributed by atoms with Crippen LogP contribution in [0.1, 0.15) is 21.5 Å². The van der Waals surface area contributed by atoms with Crippen molar-refractivity contribution in [3.05, 3.63) is 59.2 Å². The van der Waals surface area contributed by atoms with Crippen molar-refractivity contribution >= 4 is 11.6 Å². The highest BCUT2D eigenvalue weighted by Crippen LogP contribution is 2.18. The predicted octanol–water partition coefficient (Wildman–Crippen LogP) is 2.26. The minimum Gasteiger partial charge on any atom is -0.507 e. The van der Waals surface area contributed by atoms with Gasteiger partial charge in [-0.25, -0.2) is 0 Å². The lowest BCUT2D eigenvalue weighted by Crippen LogP contribution is -2.25. The first kappa shape index (κ1) is 13.9. The first-order valence-electron chi connectivity index (χ1n) is 6.48. The highest BCUT2D eigenvalue weighted by molar-refractivity contribution is 5.96. The molecular weight excluding hydrogens is 252 g/mol. The van der Waals surface area contributed by atoms with E-state index in [0.29, 0.717) is 12.1 Å². The quantitative estimate of drug-likeness (QED) is 0.746. The van der Waals surface area contributed by atoms with Crippen LogP contribution >= 0.6 is 0 Å². The molecule has 0 bridgehead atoms. The van der Waals surface area contributed by atoms with Crippen molar-refractivity contribution in [3.63, 3.8) is 0 Å². The number of carbonyl (C=O) groups excluding carboxylic acids is 1. The Labute approximate surface area is 118 Å². The Morgan fingerprint density at radius 3 is 2.55 bits per heavy atom. The van der Waals surface area contributed by atoms with Crippen molar-refractivity contribution in [1.82, 2.24) is 5.32 Å². The Hall–Kier alpha value is -2.49. The molecule has 2 rings (SSSR count). The molecule has 2 aromatic rings. The van der Waals surface area contributed by atoms with Crippen LogP contribution in [0.15, 0.2) is 42.5 Å². The van der Waals surface area contributed by atoms with Crippen molar-refractivity contribution in [2.75, 3.05) is 12.3 Å². The second-order valence-corrected chi connectivity index (χ2v) is 4.77. The van der Waals surface area contributed by atoms with Crippen molar-refractivity contribution in [2.45, 2.75) is 13.3 Å². The van der Waals surface area contributed by atoms with Crippen LogP contribution in [-0.2, 0) is 6.42 Å². The maximum atomic E-state index is 11.9. The summed E-state index contributed by atoms with van der Waals surface area (Å²) in [6.07, 6.45) is 0.721. The summed E-state index contributed by atoms with van der Waals surface area (Å²) in [5, 5.41) is 12.5. The van der Waals surface area contributed by atoms with Gasteiger partial charge in [-0.1, -0.05) is 18.2 Å². The molecule has 0 spiro atoms.